The Labute approximate surface area is 213 Å². The minimum Gasteiger partial charge on any atom is -0.475 e. The first-order chi connectivity index (χ1) is 17.5. The summed E-state index contributed by atoms with van der Waals surface area (Å²) in [7, 11) is 6.08. The number of fused-ring (bicyclic) bond motifs is 1. The smallest absolute Gasteiger partial charge is 0.475 e. The molecule has 0 amide bonds. The minimum atomic E-state index is -5.08. The molecule has 17 heteroatoms. The number of likely N-dealkylation sites (N-methyl/N-ethyl adjacent to an activating group) is 1. The Bertz CT molecular complexity index is 992. The Hall–Kier alpha value is -3.31. The summed E-state index contributed by atoms with van der Waals surface area (Å²) in [4.78, 5) is 26.7. The summed E-state index contributed by atoms with van der Waals surface area (Å²) in [5, 5.41) is 22.8. The minimum absolute atomic E-state index is 0.291. The largest absolute Gasteiger partial charge is 0.490 e. The third-order valence-corrected chi connectivity index (χ3v) is 4.78. The van der Waals surface area contributed by atoms with Crippen LogP contribution in [0.15, 0.2) is 24.4 Å². The van der Waals surface area contributed by atoms with Crippen molar-refractivity contribution in [3.05, 3.63) is 41.5 Å². The van der Waals surface area contributed by atoms with Gasteiger partial charge in [-0.15, -0.1) is 5.10 Å². The molecule has 0 saturated carbocycles. The molecule has 0 aromatic carbocycles. The van der Waals surface area contributed by atoms with Crippen LogP contribution < -0.4 is 0 Å². The fourth-order valence-electron chi connectivity index (χ4n) is 3.14. The van der Waals surface area contributed by atoms with Gasteiger partial charge in [0.15, 0.2) is 0 Å². The lowest BCUT2D eigenvalue weighted by Gasteiger charge is -2.32. The number of rotatable bonds is 7. The third kappa shape index (κ3) is 11.8. The zero-order valence-electron chi connectivity index (χ0n) is 20.7. The Morgan fingerprint density at radius 2 is 1.68 bits per heavy atom. The molecule has 1 atom stereocenters. The molecule has 214 valence electrons. The second kappa shape index (κ2) is 14.6. The monoisotopic (exact) mass is 558 g/mol. The second-order valence-corrected chi connectivity index (χ2v) is 8.22. The number of carbonyl (C=O) groups is 2. The van der Waals surface area contributed by atoms with Crippen LogP contribution >= 0.6 is 0 Å². The maximum Gasteiger partial charge on any atom is 0.490 e. The molecule has 0 spiro atoms. The van der Waals surface area contributed by atoms with E-state index in [9.17, 15) is 26.3 Å². The van der Waals surface area contributed by atoms with Crippen LogP contribution in [0.5, 0.6) is 0 Å². The molecule has 0 fully saturated rings. The number of hydrogen-bond acceptors (Lipinski definition) is 8. The lowest BCUT2D eigenvalue weighted by molar-refractivity contribution is -0.193. The zero-order chi connectivity index (χ0) is 29.1. The highest BCUT2D eigenvalue weighted by Crippen LogP contribution is 2.27. The van der Waals surface area contributed by atoms with Crippen LogP contribution in [0.3, 0.4) is 0 Å². The van der Waals surface area contributed by atoms with Gasteiger partial charge in [-0.1, -0.05) is 11.3 Å². The van der Waals surface area contributed by atoms with E-state index in [-0.39, 0.29) is 0 Å². The number of carboxylic acid groups (broad SMARTS) is 2. The van der Waals surface area contributed by atoms with Crippen molar-refractivity contribution in [1.82, 2.24) is 29.8 Å². The number of halogens is 6. The van der Waals surface area contributed by atoms with Crippen molar-refractivity contribution >= 4 is 11.9 Å². The molecule has 2 aromatic rings. The van der Waals surface area contributed by atoms with E-state index in [1.54, 1.807) is 0 Å². The summed E-state index contributed by atoms with van der Waals surface area (Å²) in [6.45, 7) is 4.94. The van der Waals surface area contributed by atoms with Crippen LogP contribution in [0.4, 0.5) is 26.3 Å². The fourth-order valence-corrected chi connectivity index (χ4v) is 3.14. The van der Waals surface area contributed by atoms with E-state index in [1.165, 1.54) is 5.69 Å². The highest BCUT2D eigenvalue weighted by atomic mass is 19.4. The van der Waals surface area contributed by atoms with Gasteiger partial charge in [-0.2, -0.15) is 26.3 Å². The first-order valence-corrected chi connectivity index (χ1v) is 10.9. The van der Waals surface area contributed by atoms with Gasteiger partial charge in [-0.05, 0) is 26.2 Å². The summed E-state index contributed by atoms with van der Waals surface area (Å²) in [6.07, 6.45) is -8.32. The van der Waals surface area contributed by atoms with Gasteiger partial charge in [0.25, 0.3) is 0 Å². The van der Waals surface area contributed by atoms with Gasteiger partial charge in [0, 0.05) is 45.3 Å². The molecule has 2 N–H and O–H groups in total. The van der Waals surface area contributed by atoms with Crippen molar-refractivity contribution in [1.29, 1.82) is 0 Å². The molecule has 2 aromatic heterocycles. The van der Waals surface area contributed by atoms with Gasteiger partial charge >= 0.3 is 24.3 Å². The van der Waals surface area contributed by atoms with E-state index >= 15 is 0 Å². The van der Waals surface area contributed by atoms with Crippen LogP contribution in [0.2, 0.25) is 0 Å². The number of aryl methyl sites for hydroxylation is 1. The van der Waals surface area contributed by atoms with Crippen molar-refractivity contribution in [2.75, 3.05) is 40.4 Å². The summed E-state index contributed by atoms with van der Waals surface area (Å²) in [5.41, 5.74) is 3.34. The van der Waals surface area contributed by atoms with E-state index < -0.39 is 24.3 Å². The molecule has 0 aliphatic carbocycles. The summed E-state index contributed by atoms with van der Waals surface area (Å²) in [5.74, 6) is -5.22. The molecule has 3 heterocycles. The molecular weight excluding hydrogens is 530 g/mol. The Morgan fingerprint density at radius 3 is 2.16 bits per heavy atom. The van der Waals surface area contributed by atoms with Crippen molar-refractivity contribution < 1.29 is 50.9 Å². The van der Waals surface area contributed by atoms with Crippen LogP contribution in [-0.4, -0.2) is 105 Å². The van der Waals surface area contributed by atoms with E-state index in [4.69, 9.17) is 24.5 Å². The molecule has 0 saturated heterocycles. The summed E-state index contributed by atoms with van der Waals surface area (Å²) >= 11 is 0. The molecule has 1 unspecified atom stereocenters. The van der Waals surface area contributed by atoms with Gasteiger partial charge in [0.1, 0.15) is 5.69 Å². The average molecular weight is 558 g/mol. The highest BCUT2D eigenvalue weighted by Gasteiger charge is 2.39. The summed E-state index contributed by atoms with van der Waals surface area (Å²) < 4.78 is 71.3. The fraction of sp³-hybridized carbons (Fsp3) is 0.571. The first-order valence-electron chi connectivity index (χ1n) is 10.9. The van der Waals surface area contributed by atoms with E-state index in [2.05, 4.69) is 45.3 Å². The van der Waals surface area contributed by atoms with Crippen molar-refractivity contribution in [3.63, 3.8) is 0 Å². The molecule has 38 heavy (non-hydrogen) atoms. The number of hydrogen-bond donors (Lipinski definition) is 2. The quantitative estimate of drug-likeness (QED) is 0.385. The Kier molecular flexibility index (Phi) is 12.6. The molecule has 0 radical (unpaired) electrons. The predicted octanol–water partition coefficient (Wildman–Crippen LogP) is 2.15. The molecular formula is C21H28F6N6O5. The maximum absolute atomic E-state index is 10.6. The van der Waals surface area contributed by atoms with Gasteiger partial charge in [0.2, 0.25) is 0 Å². The third-order valence-electron chi connectivity index (χ3n) is 4.78. The molecule has 1 aliphatic rings. The number of nitrogens with zero attached hydrogens (tertiary/aromatic N) is 6. The zero-order valence-corrected chi connectivity index (χ0v) is 20.7. The molecule has 0 bridgehead atoms. The first kappa shape index (κ1) is 32.7. The van der Waals surface area contributed by atoms with Crippen LogP contribution in [0, 0.1) is 0 Å². The summed E-state index contributed by atoms with van der Waals surface area (Å²) in [6, 6.07) is 6.04. The highest BCUT2D eigenvalue weighted by molar-refractivity contribution is 5.73. The van der Waals surface area contributed by atoms with Crippen LogP contribution in [-0.2, 0) is 34.5 Å². The van der Waals surface area contributed by atoms with Crippen molar-refractivity contribution in [2.45, 2.75) is 31.4 Å². The van der Waals surface area contributed by atoms with Gasteiger partial charge in [0.05, 0.1) is 24.6 Å². The van der Waals surface area contributed by atoms with Crippen LogP contribution in [0.25, 0.3) is 0 Å². The topological polar surface area (TPSA) is 134 Å². The molecule has 1 aliphatic heterocycles. The number of aromatic nitrogens is 4. The number of carboxylic acids is 2. The SMILES string of the molecule is CN(C)CCOCC1CN(Cc2ccccn2)Cc2nnn(C)c21.O=C(O)C(F)(F)F.O=C(O)C(F)(F)F. The molecule has 11 nitrogen and oxygen atoms in total. The maximum atomic E-state index is 10.6. The standard InChI is InChI=1S/C17H26N6O.2C2HF3O2/c1-21(2)8-9-24-13-14-10-23(11-15-6-4-5-7-18-15)12-16-17(14)22(3)20-19-16;2*3-2(4,5)1(6)7/h4-7,14H,8-13H2,1-3H3;2*(H,6,7). The van der Waals surface area contributed by atoms with E-state index in [0.29, 0.717) is 12.5 Å². The van der Waals surface area contributed by atoms with Crippen molar-refractivity contribution in [2.24, 2.45) is 7.05 Å². The second-order valence-electron chi connectivity index (χ2n) is 8.22. The van der Waals surface area contributed by atoms with Gasteiger partial charge in [-0.3, -0.25) is 14.6 Å². The lowest BCUT2D eigenvalue weighted by atomic mass is 9.99. The average Bonchev–Trinajstić information content (AvgIpc) is 3.17. The number of aliphatic carboxylic acids is 2. The predicted molar refractivity (Wildman–Crippen MR) is 119 cm³/mol. The van der Waals surface area contributed by atoms with Gasteiger partial charge < -0.3 is 19.8 Å². The Morgan fingerprint density at radius 1 is 1.11 bits per heavy atom. The molecule has 3 rings (SSSR count). The van der Waals surface area contributed by atoms with Gasteiger partial charge in [-0.25, -0.2) is 9.59 Å². The lowest BCUT2D eigenvalue weighted by Crippen LogP contribution is -2.36. The normalized spacial score (nSPS) is 15.6. The number of pyridine rings is 1. The van der Waals surface area contributed by atoms with E-state index in [0.717, 1.165) is 44.2 Å². The Balaban J connectivity index is 0.000000426. The van der Waals surface area contributed by atoms with Crippen LogP contribution in [0.1, 0.15) is 23.0 Å². The van der Waals surface area contributed by atoms with E-state index in [1.807, 2.05) is 30.1 Å². The number of alkyl halides is 6. The van der Waals surface area contributed by atoms with Crippen molar-refractivity contribution in [3.8, 4) is 0 Å². The number of ether oxygens (including phenoxy) is 1.